The molecule has 6 aliphatic heterocycles. The number of nitrogens with zero attached hydrogens (tertiary/aromatic N) is 12. The molecule has 0 saturated heterocycles. The monoisotopic (exact) mass is 1260 g/mol. The Kier molecular flexibility index (Phi) is 10.0. The van der Waals surface area contributed by atoms with Crippen molar-refractivity contribution < 1.29 is 36.5 Å². The van der Waals surface area contributed by atoms with E-state index in [2.05, 4.69) is 252 Å². The molecule has 92 heavy (non-hydrogen) atoms. The van der Waals surface area contributed by atoms with Gasteiger partial charge >= 0.3 is 26.7 Å². The van der Waals surface area contributed by atoms with E-state index in [0.717, 1.165) is 88.7 Å². The molecule has 20 heterocycles. The number of benzene rings is 4. The SMILES string of the molecule is c1cc2c3nc(-c4ccc(-c5nc6c7ccc[n+]8c7c7c(ccc[n+]7C8)c6[nH]5)s4)[nH]c3c3ccc[n+]4c3c2[n+](c1)C4.c1csc(-c2ccc(C3=Nc4c(c5ccc[n+]6c5c5c4ccc[n+]5C6)C3)s2)c1.c1csc(C2=Nc3c(c4ccc[n+]5c4c4c3ccc[n+]4C5)C2)c1. The summed E-state index contributed by atoms with van der Waals surface area (Å²) < 4.78 is 18.6. The number of nitrogens with one attached hydrogen (secondary N) is 2. The molecule has 0 saturated carbocycles. The molecular weight excluding hydrogens is 1210 g/mol. The van der Waals surface area contributed by atoms with Crippen LogP contribution in [0.3, 0.4) is 0 Å². The van der Waals surface area contributed by atoms with Gasteiger partial charge in [-0.05, 0) is 107 Å². The second-order valence-electron chi connectivity index (χ2n) is 24.5. The number of fused-ring (bicyclic) bond motifs is 12. The Balaban J connectivity index is 0.0000000952. The first-order valence-electron chi connectivity index (χ1n) is 30.9. The zero-order valence-electron chi connectivity index (χ0n) is 48.9. The quantitative estimate of drug-likeness (QED) is 0.132. The van der Waals surface area contributed by atoms with Gasteiger partial charge < -0.3 is 9.97 Å². The summed E-state index contributed by atoms with van der Waals surface area (Å²) in [6.45, 7) is 3.45. The highest BCUT2D eigenvalue weighted by Gasteiger charge is 2.40. The first-order valence-corrected chi connectivity index (χ1v) is 34.3. The minimum Gasteiger partial charge on any atom is -0.337 e. The second-order valence-corrected chi connectivity index (χ2v) is 28.6. The Morgan fingerprint density at radius 2 is 0.641 bits per heavy atom. The molecule has 18 heteroatoms. The highest BCUT2D eigenvalue weighted by Crippen LogP contribution is 2.45. The van der Waals surface area contributed by atoms with E-state index in [4.69, 9.17) is 20.0 Å². The van der Waals surface area contributed by atoms with E-state index in [0.29, 0.717) is 0 Å². The molecular formula is C74H48N14S4+8. The van der Waals surface area contributed by atoms with Crippen molar-refractivity contribution >= 4 is 177 Å². The second kappa shape index (κ2) is 18.5. The highest BCUT2D eigenvalue weighted by atomic mass is 32.1. The molecule has 0 spiro atoms. The van der Waals surface area contributed by atoms with E-state index in [-0.39, 0.29) is 0 Å². The molecule has 6 aliphatic rings. The Morgan fingerprint density at radius 1 is 0.304 bits per heavy atom. The van der Waals surface area contributed by atoms with Crippen LogP contribution in [-0.4, -0.2) is 31.4 Å². The Labute approximate surface area is 537 Å². The van der Waals surface area contributed by atoms with Gasteiger partial charge in [-0.15, -0.1) is 81.9 Å². The summed E-state index contributed by atoms with van der Waals surface area (Å²) in [5, 5.41) is 14.3. The molecule has 430 valence electrons. The molecule has 0 amide bonds. The van der Waals surface area contributed by atoms with E-state index in [1.54, 1.807) is 34.0 Å². The molecule has 0 atom stereocenters. The number of aliphatic imine (C=N–C) groups is 2. The lowest BCUT2D eigenvalue weighted by atomic mass is 9.99. The average molecular weight is 1260 g/mol. The molecule has 0 fully saturated rings. The van der Waals surface area contributed by atoms with Gasteiger partial charge in [-0.1, -0.05) is 12.1 Å². The maximum Gasteiger partial charge on any atom is 0.345 e. The summed E-state index contributed by atoms with van der Waals surface area (Å²) in [6.07, 6.45) is 19.2. The standard InChI is InChI=1S/C32H18N8S.C23H15N3S2.C19H13N3S/c1-5-17-23-24(18-6-2-12-38-15-37(11-1)27(17)28(18)38)34-31(33-23)21-9-10-22(41-21)32-35-25-19-7-3-13-39-16-40-14-4-8-20(26(25)36-32)30(40)29(19)39;1-4-14-16-12-17(18-7-8-20(28-18)19-6-3-11-27-19)24-21(16)15-5-2-10-26-13-25(9-1)22(14)23(15)26;1-4-12-14-10-15(16-6-3-9-23-16)20-17(14)13-5-2-8-22-11-21(7-1)18(12)19(13)22/h1-14H,15-16H2;1-11H,12-13H2;1-9H,10-11H2/q3*+2/p+2. The van der Waals surface area contributed by atoms with Crippen molar-refractivity contribution in [3.05, 3.63) is 227 Å². The van der Waals surface area contributed by atoms with Crippen molar-refractivity contribution in [1.29, 1.82) is 0 Å². The maximum atomic E-state index is 5.17. The molecule has 0 radical (unpaired) electrons. The number of rotatable bonds is 5. The highest BCUT2D eigenvalue weighted by molar-refractivity contribution is 7.22. The summed E-state index contributed by atoms with van der Waals surface area (Å²) in [6, 6.07) is 52.2. The van der Waals surface area contributed by atoms with Crippen LogP contribution in [0.2, 0.25) is 0 Å². The number of imidazole rings is 2. The van der Waals surface area contributed by atoms with Gasteiger partial charge in [0, 0.05) is 80.9 Å². The lowest BCUT2D eigenvalue weighted by Crippen LogP contribution is -2.45. The third-order valence-corrected chi connectivity index (χ3v) is 23.8. The summed E-state index contributed by atoms with van der Waals surface area (Å²) >= 11 is 7.14. The fourth-order valence-electron chi connectivity index (χ4n) is 15.8. The molecule has 24 rings (SSSR count). The van der Waals surface area contributed by atoms with E-state index in [1.165, 1.54) is 135 Å². The van der Waals surface area contributed by atoms with Crippen LogP contribution in [0, 0.1) is 0 Å². The van der Waals surface area contributed by atoms with Crippen LogP contribution in [-0.2, 0) is 39.5 Å². The largest absolute Gasteiger partial charge is 0.345 e. The molecule has 14 aromatic heterocycles. The minimum absolute atomic E-state index is 0.833. The molecule has 0 bridgehead atoms. The van der Waals surface area contributed by atoms with Gasteiger partial charge in [-0.3, -0.25) is 9.98 Å². The summed E-state index contributed by atoms with van der Waals surface area (Å²) in [5.74, 6) is 1.78. The van der Waals surface area contributed by atoms with Crippen LogP contribution in [0.5, 0.6) is 0 Å². The van der Waals surface area contributed by atoms with Crippen molar-refractivity contribution in [2.45, 2.75) is 39.5 Å². The lowest BCUT2D eigenvalue weighted by molar-refractivity contribution is -0.872. The van der Waals surface area contributed by atoms with Crippen LogP contribution in [0.4, 0.5) is 11.4 Å². The Morgan fingerprint density at radius 3 is 1.08 bits per heavy atom. The average Bonchev–Trinajstić information content (AvgIpc) is 1.57. The number of aromatic nitrogens is 12. The number of aromatic amines is 2. The maximum absolute atomic E-state index is 5.17. The van der Waals surface area contributed by atoms with E-state index >= 15 is 0 Å². The van der Waals surface area contributed by atoms with Crippen molar-refractivity contribution in [2.75, 3.05) is 0 Å². The van der Waals surface area contributed by atoms with Crippen molar-refractivity contribution in [2.24, 2.45) is 9.98 Å². The van der Waals surface area contributed by atoms with Crippen LogP contribution < -0.4 is 36.5 Å². The van der Waals surface area contributed by atoms with Gasteiger partial charge in [0.25, 0.3) is 44.1 Å². The van der Waals surface area contributed by atoms with Gasteiger partial charge in [0.15, 0.2) is 49.6 Å². The van der Waals surface area contributed by atoms with Gasteiger partial charge in [0.2, 0.25) is 0 Å². The van der Waals surface area contributed by atoms with Crippen LogP contribution in [0.15, 0.2) is 216 Å². The number of hydrogen-bond donors (Lipinski definition) is 2. The number of thiophene rings is 4. The van der Waals surface area contributed by atoms with Gasteiger partial charge in [0.05, 0.1) is 86.7 Å². The summed E-state index contributed by atoms with van der Waals surface area (Å²) in [5.41, 5.74) is 22.0. The molecule has 0 aliphatic carbocycles. The predicted molar refractivity (Wildman–Crippen MR) is 362 cm³/mol. The van der Waals surface area contributed by atoms with Crippen molar-refractivity contribution in [1.82, 2.24) is 19.9 Å². The lowest BCUT2D eigenvalue weighted by Gasteiger charge is -2.01. The summed E-state index contributed by atoms with van der Waals surface area (Å²) in [4.78, 5) is 35.3. The molecule has 14 nitrogen and oxygen atoms in total. The molecule has 2 N–H and O–H groups in total. The Bertz CT molecular complexity index is 6130. The third kappa shape index (κ3) is 6.89. The predicted octanol–water partition coefficient (Wildman–Crippen LogP) is 12.2. The van der Waals surface area contributed by atoms with E-state index in [1.807, 2.05) is 11.3 Å². The van der Waals surface area contributed by atoms with Crippen molar-refractivity contribution in [3.8, 4) is 31.2 Å². The fraction of sp³-hybridized carbons (Fsp3) is 0.0811. The topological polar surface area (TPSA) is 113 Å². The summed E-state index contributed by atoms with van der Waals surface area (Å²) in [7, 11) is 0. The fourth-order valence-corrected chi connectivity index (χ4v) is 19.2. The van der Waals surface area contributed by atoms with Crippen LogP contribution >= 0.6 is 45.3 Å². The number of H-pyrrole nitrogens is 2. The normalized spacial score (nSPS) is 14.2. The smallest absolute Gasteiger partial charge is 0.337 e. The van der Waals surface area contributed by atoms with Gasteiger partial charge in [-0.2, -0.15) is 0 Å². The first-order chi connectivity index (χ1) is 45.6. The molecule has 18 aromatic rings. The number of hydrogen-bond acceptors (Lipinski definition) is 8. The van der Waals surface area contributed by atoms with Crippen LogP contribution in [0.1, 0.15) is 20.9 Å². The Hall–Kier alpha value is -10.8. The first kappa shape index (κ1) is 50.0. The van der Waals surface area contributed by atoms with Gasteiger partial charge in [0.1, 0.15) is 22.7 Å². The zero-order chi connectivity index (χ0) is 59.6. The molecule has 4 aromatic carbocycles. The minimum atomic E-state index is 0.833. The van der Waals surface area contributed by atoms with Crippen LogP contribution in [0.25, 0.3) is 140 Å². The molecule has 0 unspecified atom stereocenters. The van der Waals surface area contributed by atoms with Crippen molar-refractivity contribution in [3.63, 3.8) is 0 Å². The number of pyridine rings is 8. The van der Waals surface area contributed by atoms with E-state index < -0.39 is 0 Å². The zero-order valence-corrected chi connectivity index (χ0v) is 52.1. The van der Waals surface area contributed by atoms with E-state index in [9.17, 15) is 0 Å². The third-order valence-electron chi connectivity index (χ3n) is 19.6. The van der Waals surface area contributed by atoms with Gasteiger partial charge in [-0.25, -0.2) is 9.97 Å².